The molecule has 0 radical (unpaired) electrons. The molecule has 0 spiro atoms. The van der Waals surface area contributed by atoms with Crippen LogP contribution in [0.25, 0.3) is 21.2 Å². The molecule has 1 aromatic carbocycles. The van der Waals surface area contributed by atoms with Gasteiger partial charge in [0.1, 0.15) is 5.82 Å². The van der Waals surface area contributed by atoms with Gasteiger partial charge in [0, 0.05) is 30.7 Å². The largest absolute Gasteiger partial charge is 0.373 e. The molecule has 21 heavy (non-hydrogen) atoms. The van der Waals surface area contributed by atoms with E-state index in [1.165, 1.54) is 20.8 Å². The predicted octanol–water partition coefficient (Wildman–Crippen LogP) is 4.91. The van der Waals surface area contributed by atoms with Crippen molar-refractivity contribution in [3.63, 3.8) is 0 Å². The van der Waals surface area contributed by atoms with Crippen LogP contribution in [0, 0.1) is 0 Å². The molecule has 4 heteroatoms. The zero-order valence-electron chi connectivity index (χ0n) is 12.6. The van der Waals surface area contributed by atoms with Gasteiger partial charge in [0.15, 0.2) is 0 Å². The molecule has 0 unspecified atom stereocenters. The highest BCUT2D eigenvalue weighted by Gasteiger charge is 2.10. The molecule has 3 rings (SSSR count). The number of anilines is 1. The third kappa shape index (κ3) is 2.76. The Kier molecular flexibility index (Phi) is 3.88. The van der Waals surface area contributed by atoms with Gasteiger partial charge in [-0.2, -0.15) is 0 Å². The molecule has 3 aromatic rings. The standard InChI is InChI=1S/C17H19N3S/c1-4-11(2)17-20-10-15(21-17)12-5-6-13-9-19-16(18-3)8-14(13)7-12/h5-11H,4H2,1-3H3,(H,18,19)/t11-/m0/s1. The van der Waals surface area contributed by atoms with Crippen molar-refractivity contribution < 1.29 is 0 Å². The molecular formula is C17H19N3S. The smallest absolute Gasteiger partial charge is 0.126 e. The summed E-state index contributed by atoms with van der Waals surface area (Å²) in [4.78, 5) is 10.1. The first-order chi connectivity index (χ1) is 10.2. The Bertz CT molecular complexity index is 764. The van der Waals surface area contributed by atoms with Gasteiger partial charge in [0.2, 0.25) is 0 Å². The van der Waals surface area contributed by atoms with Gasteiger partial charge in [-0.25, -0.2) is 9.97 Å². The van der Waals surface area contributed by atoms with Gasteiger partial charge in [0.25, 0.3) is 0 Å². The Morgan fingerprint density at radius 2 is 2.00 bits per heavy atom. The van der Waals surface area contributed by atoms with E-state index < -0.39 is 0 Å². The van der Waals surface area contributed by atoms with Crippen LogP contribution in [0.3, 0.4) is 0 Å². The minimum absolute atomic E-state index is 0.532. The van der Waals surface area contributed by atoms with Gasteiger partial charge in [-0.05, 0) is 29.5 Å². The normalized spacial score (nSPS) is 12.5. The number of nitrogens with one attached hydrogen (secondary N) is 1. The molecule has 0 bridgehead atoms. The number of aromatic nitrogens is 2. The van der Waals surface area contributed by atoms with Crippen molar-refractivity contribution in [3.8, 4) is 10.4 Å². The molecule has 2 heterocycles. The fourth-order valence-corrected chi connectivity index (χ4v) is 3.30. The Hall–Kier alpha value is -1.94. The average Bonchev–Trinajstić information content (AvgIpc) is 3.03. The van der Waals surface area contributed by atoms with Crippen molar-refractivity contribution in [3.05, 3.63) is 41.7 Å². The molecule has 0 amide bonds. The molecular weight excluding hydrogens is 278 g/mol. The quantitative estimate of drug-likeness (QED) is 0.743. The molecule has 108 valence electrons. The molecule has 0 fully saturated rings. The number of hydrogen-bond donors (Lipinski definition) is 1. The molecule has 0 saturated carbocycles. The maximum absolute atomic E-state index is 4.57. The number of pyridine rings is 1. The van der Waals surface area contributed by atoms with Crippen LogP contribution in [-0.4, -0.2) is 17.0 Å². The highest BCUT2D eigenvalue weighted by atomic mass is 32.1. The molecule has 0 aliphatic carbocycles. The van der Waals surface area contributed by atoms with Crippen LogP contribution in [0.1, 0.15) is 31.2 Å². The van der Waals surface area contributed by atoms with Crippen molar-refractivity contribution in [2.75, 3.05) is 12.4 Å². The molecule has 0 aliphatic heterocycles. The lowest BCUT2D eigenvalue weighted by Crippen LogP contribution is -1.91. The maximum Gasteiger partial charge on any atom is 0.126 e. The van der Waals surface area contributed by atoms with Crippen molar-refractivity contribution >= 4 is 27.9 Å². The van der Waals surface area contributed by atoms with E-state index >= 15 is 0 Å². The predicted molar refractivity (Wildman–Crippen MR) is 91.1 cm³/mol. The van der Waals surface area contributed by atoms with Crippen LogP contribution in [0.5, 0.6) is 0 Å². The lowest BCUT2D eigenvalue weighted by atomic mass is 10.1. The molecule has 3 nitrogen and oxygen atoms in total. The SMILES string of the molecule is CC[C@H](C)c1ncc(-c2ccc3cnc(NC)cc3c2)s1. The summed E-state index contributed by atoms with van der Waals surface area (Å²) < 4.78 is 0. The summed E-state index contributed by atoms with van der Waals surface area (Å²) in [6, 6.07) is 8.57. The minimum Gasteiger partial charge on any atom is -0.373 e. The minimum atomic E-state index is 0.532. The van der Waals surface area contributed by atoms with Crippen LogP contribution in [0.2, 0.25) is 0 Å². The molecule has 0 saturated heterocycles. The maximum atomic E-state index is 4.57. The summed E-state index contributed by atoms with van der Waals surface area (Å²) in [5.41, 5.74) is 1.22. The first kappa shape index (κ1) is 14.0. The van der Waals surface area contributed by atoms with Gasteiger partial charge in [0.05, 0.1) is 9.88 Å². The topological polar surface area (TPSA) is 37.8 Å². The first-order valence-electron chi connectivity index (χ1n) is 7.25. The van der Waals surface area contributed by atoms with Crippen LogP contribution in [0.4, 0.5) is 5.82 Å². The Balaban J connectivity index is 2.01. The van der Waals surface area contributed by atoms with Crippen LogP contribution in [0.15, 0.2) is 36.7 Å². The number of thiazole rings is 1. The van der Waals surface area contributed by atoms with E-state index in [4.69, 9.17) is 0 Å². The summed E-state index contributed by atoms with van der Waals surface area (Å²) in [7, 11) is 1.89. The van der Waals surface area contributed by atoms with E-state index in [2.05, 4.69) is 53.4 Å². The van der Waals surface area contributed by atoms with Crippen LogP contribution >= 0.6 is 11.3 Å². The lowest BCUT2D eigenvalue weighted by Gasteiger charge is -2.04. The van der Waals surface area contributed by atoms with E-state index in [0.29, 0.717) is 5.92 Å². The zero-order chi connectivity index (χ0) is 14.8. The second kappa shape index (κ2) is 5.82. The third-order valence-corrected chi connectivity index (χ3v) is 5.10. The molecule has 1 N–H and O–H groups in total. The van der Waals surface area contributed by atoms with Gasteiger partial charge in [-0.15, -0.1) is 11.3 Å². The van der Waals surface area contributed by atoms with E-state index in [1.807, 2.05) is 19.4 Å². The first-order valence-corrected chi connectivity index (χ1v) is 8.06. The summed E-state index contributed by atoms with van der Waals surface area (Å²) in [6.45, 7) is 4.43. The van der Waals surface area contributed by atoms with E-state index in [1.54, 1.807) is 11.3 Å². The zero-order valence-corrected chi connectivity index (χ0v) is 13.4. The Morgan fingerprint density at radius 1 is 1.14 bits per heavy atom. The van der Waals surface area contributed by atoms with Gasteiger partial charge in [-0.3, -0.25) is 0 Å². The third-order valence-electron chi connectivity index (χ3n) is 3.82. The number of benzene rings is 1. The van der Waals surface area contributed by atoms with Crippen molar-refractivity contribution in [2.45, 2.75) is 26.2 Å². The summed E-state index contributed by atoms with van der Waals surface area (Å²) in [5.74, 6) is 1.42. The van der Waals surface area contributed by atoms with Crippen molar-refractivity contribution in [1.82, 2.24) is 9.97 Å². The average molecular weight is 297 g/mol. The Labute approximate surface area is 129 Å². The summed E-state index contributed by atoms with van der Waals surface area (Å²) in [6.07, 6.45) is 5.03. The fraction of sp³-hybridized carbons (Fsp3) is 0.294. The van der Waals surface area contributed by atoms with E-state index in [9.17, 15) is 0 Å². The van der Waals surface area contributed by atoms with Gasteiger partial charge < -0.3 is 5.32 Å². The summed E-state index contributed by atoms with van der Waals surface area (Å²) >= 11 is 1.79. The monoisotopic (exact) mass is 297 g/mol. The Morgan fingerprint density at radius 3 is 2.76 bits per heavy atom. The van der Waals surface area contributed by atoms with Gasteiger partial charge >= 0.3 is 0 Å². The summed E-state index contributed by atoms with van der Waals surface area (Å²) in [5, 5.41) is 6.66. The number of rotatable bonds is 4. The van der Waals surface area contributed by atoms with Crippen molar-refractivity contribution in [1.29, 1.82) is 0 Å². The molecule has 2 aromatic heterocycles. The van der Waals surface area contributed by atoms with Gasteiger partial charge in [-0.1, -0.05) is 26.0 Å². The van der Waals surface area contributed by atoms with Crippen LogP contribution < -0.4 is 5.32 Å². The van der Waals surface area contributed by atoms with E-state index in [-0.39, 0.29) is 0 Å². The molecule has 1 atom stereocenters. The lowest BCUT2D eigenvalue weighted by molar-refractivity contribution is 0.727. The number of nitrogens with zero attached hydrogens (tertiary/aromatic N) is 2. The van der Waals surface area contributed by atoms with E-state index in [0.717, 1.165) is 17.6 Å². The molecule has 0 aliphatic rings. The highest BCUT2D eigenvalue weighted by Crippen LogP contribution is 2.32. The fourth-order valence-electron chi connectivity index (χ4n) is 2.25. The second-order valence-electron chi connectivity index (χ2n) is 5.25. The number of fused-ring (bicyclic) bond motifs is 1. The second-order valence-corrected chi connectivity index (χ2v) is 6.32. The van der Waals surface area contributed by atoms with Crippen molar-refractivity contribution in [2.24, 2.45) is 0 Å². The number of hydrogen-bond acceptors (Lipinski definition) is 4. The highest BCUT2D eigenvalue weighted by molar-refractivity contribution is 7.15. The van der Waals surface area contributed by atoms with Crippen LogP contribution in [-0.2, 0) is 0 Å².